The van der Waals surface area contributed by atoms with Gasteiger partial charge in [0.05, 0.1) is 18.4 Å². The maximum absolute atomic E-state index is 13.6. The molecule has 1 aliphatic heterocycles. The molecular formula is C18H17F6N3. The van der Waals surface area contributed by atoms with E-state index < -0.39 is 29.5 Å². The SMILES string of the molecule is C=C(CCCc1cc(F)c(F)cc1F)N1CCn2c(cnc2C(F)(F)F)C1. The van der Waals surface area contributed by atoms with Gasteiger partial charge in [-0.3, -0.25) is 0 Å². The Morgan fingerprint density at radius 3 is 2.48 bits per heavy atom. The van der Waals surface area contributed by atoms with Crippen molar-refractivity contribution in [2.24, 2.45) is 0 Å². The number of nitrogens with zero attached hydrogens (tertiary/aromatic N) is 3. The van der Waals surface area contributed by atoms with Crippen molar-refractivity contribution in [3.8, 4) is 0 Å². The summed E-state index contributed by atoms with van der Waals surface area (Å²) in [7, 11) is 0. The highest BCUT2D eigenvalue weighted by Crippen LogP contribution is 2.31. The fourth-order valence-electron chi connectivity index (χ4n) is 3.17. The van der Waals surface area contributed by atoms with Gasteiger partial charge in [-0.1, -0.05) is 6.58 Å². The van der Waals surface area contributed by atoms with E-state index in [4.69, 9.17) is 0 Å². The summed E-state index contributed by atoms with van der Waals surface area (Å²) in [5, 5.41) is 0. The first-order chi connectivity index (χ1) is 12.7. The predicted molar refractivity (Wildman–Crippen MR) is 86.0 cm³/mol. The number of alkyl halides is 3. The van der Waals surface area contributed by atoms with Gasteiger partial charge >= 0.3 is 6.18 Å². The van der Waals surface area contributed by atoms with E-state index in [0.717, 1.165) is 10.6 Å². The summed E-state index contributed by atoms with van der Waals surface area (Å²) in [5.74, 6) is -4.04. The van der Waals surface area contributed by atoms with Gasteiger partial charge in [0.25, 0.3) is 0 Å². The van der Waals surface area contributed by atoms with Crippen LogP contribution in [0, 0.1) is 17.5 Å². The Morgan fingerprint density at radius 1 is 1.07 bits per heavy atom. The second-order valence-corrected chi connectivity index (χ2v) is 6.42. The zero-order chi connectivity index (χ0) is 19.8. The molecule has 0 saturated heterocycles. The second kappa shape index (κ2) is 7.28. The van der Waals surface area contributed by atoms with Crippen LogP contribution >= 0.6 is 0 Å². The quantitative estimate of drug-likeness (QED) is 0.547. The van der Waals surface area contributed by atoms with E-state index in [1.807, 2.05) is 4.90 Å². The largest absolute Gasteiger partial charge is 0.449 e. The molecule has 0 atom stereocenters. The Bertz CT molecular complexity index is 856. The summed E-state index contributed by atoms with van der Waals surface area (Å²) in [6.45, 7) is 4.68. The average Bonchev–Trinajstić information content (AvgIpc) is 3.02. The molecule has 27 heavy (non-hydrogen) atoms. The molecule has 3 nitrogen and oxygen atoms in total. The van der Waals surface area contributed by atoms with Crippen LogP contribution in [-0.2, 0) is 25.7 Å². The lowest BCUT2D eigenvalue weighted by molar-refractivity contribution is -0.147. The standard InChI is InChI=1S/C18H17F6N3/c1-11(3-2-4-12-7-15(20)16(21)8-14(12)19)26-5-6-27-13(10-26)9-25-17(27)18(22,23)24/h7-9H,1-6,10H2. The van der Waals surface area contributed by atoms with Crippen LogP contribution in [0.3, 0.4) is 0 Å². The van der Waals surface area contributed by atoms with Gasteiger partial charge in [-0.25, -0.2) is 18.2 Å². The van der Waals surface area contributed by atoms with Crippen molar-refractivity contribution in [2.45, 2.75) is 38.5 Å². The normalized spacial score (nSPS) is 14.4. The van der Waals surface area contributed by atoms with Gasteiger partial charge in [-0.15, -0.1) is 0 Å². The summed E-state index contributed by atoms with van der Waals surface area (Å²) >= 11 is 0. The molecule has 0 bridgehead atoms. The molecule has 0 saturated carbocycles. The van der Waals surface area contributed by atoms with E-state index in [9.17, 15) is 26.3 Å². The molecule has 0 spiro atoms. The number of halogens is 6. The van der Waals surface area contributed by atoms with Crippen LogP contribution in [0.2, 0.25) is 0 Å². The van der Waals surface area contributed by atoms with E-state index in [2.05, 4.69) is 11.6 Å². The number of aryl methyl sites for hydroxylation is 1. The van der Waals surface area contributed by atoms with Gasteiger partial charge in [-0.2, -0.15) is 13.2 Å². The van der Waals surface area contributed by atoms with Crippen molar-refractivity contribution in [3.05, 3.63) is 65.1 Å². The minimum absolute atomic E-state index is 0.0771. The van der Waals surface area contributed by atoms with Crippen LogP contribution in [0.25, 0.3) is 0 Å². The Labute approximate surface area is 151 Å². The third-order valence-electron chi connectivity index (χ3n) is 4.59. The number of hydrogen-bond acceptors (Lipinski definition) is 2. The Kier molecular flexibility index (Phi) is 5.21. The molecule has 3 rings (SSSR count). The molecule has 1 aromatic heterocycles. The molecule has 0 radical (unpaired) electrons. The first kappa shape index (κ1) is 19.3. The lowest BCUT2D eigenvalue weighted by Crippen LogP contribution is -2.34. The zero-order valence-corrected chi connectivity index (χ0v) is 14.3. The summed E-state index contributed by atoms with van der Waals surface area (Å²) < 4.78 is 79.6. The van der Waals surface area contributed by atoms with E-state index in [0.29, 0.717) is 36.8 Å². The lowest BCUT2D eigenvalue weighted by atomic mass is 10.1. The second-order valence-electron chi connectivity index (χ2n) is 6.42. The fourth-order valence-corrected chi connectivity index (χ4v) is 3.17. The molecular weight excluding hydrogens is 372 g/mol. The van der Waals surface area contributed by atoms with E-state index in [1.165, 1.54) is 6.20 Å². The van der Waals surface area contributed by atoms with Gasteiger partial charge in [0.1, 0.15) is 5.82 Å². The summed E-state index contributed by atoms with van der Waals surface area (Å²) in [5.41, 5.74) is 1.22. The number of benzene rings is 1. The molecule has 2 heterocycles. The van der Waals surface area contributed by atoms with Crippen molar-refractivity contribution in [1.29, 1.82) is 0 Å². The smallest absolute Gasteiger partial charge is 0.368 e. The third kappa shape index (κ3) is 4.12. The molecule has 0 N–H and O–H groups in total. The zero-order valence-electron chi connectivity index (χ0n) is 14.3. The summed E-state index contributed by atoms with van der Waals surface area (Å²) in [4.78, 5) is 5.31. The highest BCUT2D eigenvalue weighted by atomic mass is 19.4. The van der Waals surface area contributed by atoms with E-state index in [1.54, 1.807) is 0 Å². The maximum Gasteiger partial charge on any atom is 0.449 e. The van der Waals surface area contributed by atoms with Gasteiger partial charge in [0, 0.05) is 24.9 Å². The van der Waals surface area contributed by atoms with Crippen LogP contribution < -0.4 is 0 Å². The van der Waals surface area contributed by atoms with Gasteiger partial charge in [-0.05, 0) is 30.9 Å². The Morgan fingerprint density at radius 2 is 1.78 bits per heavy atom. The molecule has 0 fully saturated rings. The van der Waals surface area contributed by atoms with Gasteiger partial charge in [0.2, 0.25) is 5.82 Å². The van der Waals surface area contributed by atoms with Crippen molar-refractivity contribution >= 4 is 0 Å². The summed E-state index contributed by atoms with van der Waals surface area (Å²) in [6, 6.07) is 1.36. The number of fused-ring (bicyclic) bond motifs is 1. The molecule has 1 aromatic carbocycles. The molecule has 9 heteroatoms. The minimum atomic E-state index is -4.49. The lowest BCUT2D eigenvalue weighted by Gasteiger charge is -2.32. The number of rotatable bonds is 5. The average molecular weight is 389 g/mol. The van der Waals surface area contributed by atoms with E-state index in [-0.39, 0.29) is 25.1 Å². The molecule has 0 amide bonds. The number of imidazole rings is 1. The van der Waals surface area contributed by atoms with Crippen LogP contribution in [0.5, 0.6) is 0 Å². The van der Waals surface area contributed by atoms with Crippen molar-refractivity contribution in [1.82, 2.24) is 14.5 Å². The Balaban J connectivity index is 1.57. The fraction of sp³-hybridized carbons (Fsp3) is 0.389. The van der Waals surface area contributed by atoms with Crippen LogP contribution in [0.4, 0.5) is 26.3 Å². The Hall–Kier alpha value is -2.45. The number of aromatic nitrogens is 2. The monoisotopic (exact) mass is 389 g/mol. The van der Waals surface area contributed by atoms with Gasteiger partial charge in [0.15, 0.2) is 11.6 Å². The van der Waals surface area contributed by atoms with Crippen LogP contribution in [-0.4, -0.2) is 21.0 Å². The van der Waals surface area contributed by atoms with E-state index >= 15 is 0 Å². The first-order valence-electron chi connectivity index (χ1n) is 8.34. The maximum atomic E-state index is 13.6. The molecule has 0 unspecified atom stereocenters. The predicted octanol–water partition coefficient (Wildman–Crippen LogP) is 4.67. The number of allylic oxidation sites excluding steroid dienone is 1. The van der Waals surface area contributed by atoms with Crippen molar-refractivity contribution in [2.75, 3.05) is 6.54 Å². The molecule has 146 valence electrons. The van der Waals surface area contributed by atoms with Crippen LogP contribution in [0.15, 0.2) is 30.6 Å². The van der Waals surface area contributed by atoms with Crippen LogP contribution in [0.1, 0.15) is 29.9 Å². The first-order valence-corrected chi connectivity index (χ1v) is 8.34. The third-order valence-corrected chi connectivity index (χ3v) is 4.59. The molecule has 2 aromatic rings. The topological polar surface area (TPSA) is 21.1 Å². The molecule has 1 aliphatic rings. The highest BCUT2D eigenvalue weighted by molar-refractivity contribution is 5.20. The van der Waals surface area contributed by atoms with Crippen molar-refractivity contribution < 1.29 is 26.3 Å². The van der Waals surface area contributed by atoms with Crippen molar-refractivity contribution in [3.63, 3.8) is 0 Å². The van der Waals surface area contributed by atoms with Gasteiger partial charge < -0.3 is 9.47 Å². The number of hydrogen-bond donors (Lipinski definition) is 0. The summed E-state index contributed by atoms with van der Waals surface area (Å²) in [6.07, 6.45) is -2.18. The minimum Gasteiger partial charge on any atom is -0.368 e. The highest BCUT2D eigenvalue weighted by Gasteiger charge is 2.38. The molecule has 0 aliphatic carbocycles.